The van der Waals surface area contributed by atoms with Crippen LogP contribution in [-0.2, 0) is 6.61 Å². The molecule has 0 atom stereocenters. The molecule has 0 amide bonds. The van der Waals surface area contributed by atoms with E-state index in [1.54, 1.807) is 0 Å². The number of nitrogens with two attached hydrogens (primary N) is 1. The number of ether oxygens (including phenoxy) is 1. The summed E-state index contributed by atoms with van der Waals surface area (Å²) in [6.45, 7) is 0.260. The Morgan fingerprint density at radius 2 is 1.71 bits per heavy atom. The Labute approximate surface area is 97.6 Å². The predicted molar refractivity (Wildman–Crippen MR) is 61.5 cm³/mol. The highest BCUT2D eigenvalue weighted by atomic mass is 19.2. The second-order valence-electron chi connectivity index (χ2n) is 3.55. The summed E-state index contributed by atoms with van der Waals surface area (Å²) >= 11 is 0. The third-order valence-electron chi connectivity index (χ3n) is 2.33. The van der Waals surface area contributed by atoms with Gasteiger partial charge in [0.2, 0.25) is 0 Å². The third-order valence-corrected chi connectivity index (χ3v) is 2.33. The monoisotopic (exact) mass is 235 g/mol. The van der Waals surface area contributed by atoms with Crippen molar-refractivity contribution in [2.75, 3.05) is 5.73 Å². The average molecular weight is 235 g/mol. The fourth-order valence-electron chi connectivity index (χ4n) is 1.41. The minimum absolute atomic E-state index is 0.146. The smallest absolute Gasteiger partial charge is 0.185 e. The van der Waals surface area contributed by atoms with Gasteiger partial charge >= 0.3 is 0 Å². The molecule has 2 rings (SSSR count). The van der Waals surface area contributed by atoms with Crippen molar-refractivity contribution >= 4 is 5.69 Å². The quantitative estimate of drug-likeness (QED) is 0.829. The van der Waals surface area contributed by atoms with Gasteiger partial charge in [-0.25, -0.2) is 8.78 Å². The second-order valence-corrected chi connectivity index (χ2v) is 3.55. The molecule has 2 N–H and O–H groups in total. The molecule has 0 heterocycles. The molecule has 0 aliphatic heterocycles. The Hall–Kier alpha value is -2.10. The van der Waals surface area contributed by atoms with E-state index in [2.05, 4.69) is 0 Å². The van der Waals surface area contributed by atoms with Gasteiger partial charge in [-0.3, -0.25) is 0 Å². The van der Waals surface area contributed by atoms with Gasteiger partial charge in [0.1, 0.15) is 18.0 Å². The van der Waals surface area contributed by atoms with Crippen molar-refractivity contribution in [2.24, 2.45) is 0 Å². The zero-order chi connectivity index (χ0) is 12.3. The van der Waals surface area contributed by atoms with Crippen LogP contribution in [0.4, 0.5) is 14.5 Å². The number of hydrogen-bond donors (Lipinski definition) is 1. The number of rotatable bonds is 3. The SMILES string of the molecule is Nc1c(OCc2ccccc2)ccc(F)c1F. The Morgan fingerprint density at radius 1 is 1.00 bits per heavy atom. The molecule has 0 fully saturated rings. The Bertz CT molecular complexity index is 514. The topological polar surface area (TPSA) is 35.2 Å². The van der Waals surface area contributed by atoms with Gasteiger partial charge in [0.05, 0.1) is 0 Å². The van der Waals surface area contributed by atoms with E-state index in [4.69, 9.17) is 10.5 Å². The lowest BCUT2D eigenvalue weighted by atomic mass is 10.2. The molecule has 0 aliphatic carbocycles. The molecule has 0 unspecified atom stereocenters. The van der Waals surface area contributed by atoms with Crippen molar-refractivity contribution in [2.45, 2.75) is 6.61 Å². The number of halogens is 2. The zero-order valence-corrected chi connectivity index (χ0v) is 8.99. The van der Waals surface area contributed by atoms with Crippen molar-refractivity contribution < 1.29 is 13.5 Å². The molecule has 2 aromatic carbocycles. The molecule has 0 saturated carbocycles. The molecule has 0 spiro atoms. The van der Waals surface area contributed by atoms with E-state index >= 15 is 0 Å². The normalized spacial score (nSPS) is 10.2. The summed E-state index contributed by atoms with van der Waals surface area (Å²) in [6.07, 6.45) is 0. The fourth-order valence-corrected chi connectivity index (χ4v) is 1.41. The van der Waals surface area contributed by atoms with Crippen LogP contribution in [-0.4, -0.2) is 0 Å². The molecular weight excluding hydrogens is 224 g/mol. The number of nitrogen functional groups attached to an aromatic ring is 1. The van der Waals surface area contributed by atoms with Crippen LogP contribution in [0.3, 0.4) is 0 Å². The first-order valence-electron chi connectivity index (χ1n) is 5.08. The molecule has 0 bridgehead atoms. The maximum atomic E-state index is 13.1. The van der Waals surface area contributed by atoms with Crippen LogP contribution < -0.4 is 10.5 Å². The van der Waals surface area contributed by atoms with Gasteiger partial charge in [0.25, 0.3) is 0 Å². The summed E-state index contributed by atoms with van der Waals surface area (Å²) in [5, 5.41) is 0. The first kappa shape index (κ1) is 11.4. The van der Waals surface area contributed by atoms with Crippen molar-refractivity contribution in [1.82, 2.24) is 0 Å². The molecule has 2 aromatic rings. The number of benzene rings is 2. The van der Waals surface area contributed by atoms with E-state index in [0.29, 0.717) is 0 Å². The van der Waals surface area contributed by atoms with E-state index in [1.807, 2.05) is 30.3 Å². The lowest BCUT2D eigenvalue weighted by Gasteiger charge is -2.09. The van der Waals surface area contributed by atoms with E-state index < -0.39 is 11.6 Å². The van der Waals surface area contributed by atoms with E-state index in [9.17, 15) is 8.78 Å². The summed E-state index contributed by atoms with van der Waals surface area (Å²) in [5.41, 5.74) is 6.03. The van der Waals surface area contributed by atoms with Crippen LogP contribution in [0.15, 0.2) is 42.5 Å². The summed E-state index contributed by atoms with van der Waals surface area (Å²) in [4.78, 5) is 0. The van der Waals surface area contributed by atoms with Gasteiger partial charge in [-0.05, 0) is 17.7 Å². The standard InChI is InChI=1S/C13H11F2NO/c14-10-6-7-11(13(16)12(10)15)17-8-9-4-2-1-3-5-9/h1-7H,8,16H2. The lowest BCUT2D eigenvalue weighted by molar-refractivity contribution is 0.305. The number of anilines is 1. The van der Waals surface area contributed by atoms with E-state index in [0.717, 1.165) is 11.6 Å². The highest BCUT2D eigenvalue weighted by molar-refractivity contribution is 5.53. The Kier molecular flexibility index (Phi) is 3.23. The van der Waals surface area contributed by atoms with Crippen LogP contribution in [0.25, 0.3) is 0 Å². The molecule has 0 aromatic heterocycles. The van der Waals surface area contributed by atoms with Gasteiger partial charge < -0.3 is 10.5 Å². The Morgan fingerprint density at radius 3 is 2.41 bits per heavy atom. The molecular formula is C13H11F2NO. The van der Waals surface area contributed by atoms with Gasteiger partial charge in [-0.1, -0.05) is 30.3 Å². The van der Waals surface area contributed by atoms with E-state index in [-0.39, 0.29) is 18.0 Å². The van der Waals surface area contributed by atoms with Crippen molar-refractivity contribution in [1.29, 1.82) is 0 Å². The van der Waals surface area contributed by atoms with Gasteiger partial charge in [0.15, 0.2) is 11.6 Å². The van der Waals surface area contributed by atoms with Crippen molar-refractivity contribution in [3.8, 4) is 5.75 Å². The van der Waals surface area contributed by atoms with Gasteiger partial charge in [-0.2, -0.15) is 0 Å². The third kappa shape index (κ3) is 2.53. The Balaban J connectivity index is 2.13. The fraction of sp³-hybridized carbons (Fsp3) is 0.0769. The van der Waals surface area contributed by atoms with Crippen LogP contribution in [0.1, 0.15) is 5.56 Å². The molecule has 0 aliphatic rings. The molecule has 0 saturated heterocycles. The number of hydrogen-bond acceptors (Lipinski definition) is 2. The minimum atomic E-state index is -1.07. The summed E-state index contributed by atoms with van der Waals surface area (Å²) in [5.74, 6) is -1.90. The molecule has 0 radical (unpaired) electrons. The molecule has 88 valence electrons. The van der Waals surface area contributed by atoms with E-state index in [1.165, 1.54) is 6.07 Å². The molecule has 2 nitrogen and oxygen atoms in total. The summed E-state index contributed by atoms with van der Waals surface area (Å²) in [6, 6.07) is 11.7. The van der Waals surface area contributed by atoms with Crippen molar-refractivity contribution in [3.63, 3.8) is 0 Å². The van der Waals surface area contributed by atoms with Crippen LogP contribution in [0.2, 0.25) is 0 Å². The van der Waals surface area contributed by atoms with Crippen LogP contribution in [0.5, 0.6) is 5.75 Å². The van der Waals surface area contributed by atoms with Gasteiger partial charge in [0, 0.05) is 0 Å². The second kappa shape index (κ2) is 4.82. The van der Waals surface area contributed by atoms with Crippen LogP contribution >= 0.6 is 0 Å². The highest BCUT2D eigenvalue weighted by Crippen LogP contribution is 2.26. The summed E-state index contributed by atoms with van der Waals surface area (Å²) in [7, 11) is 0. The van der Waals surface area contributed by atoms with Gasteiger partial charge in [-0.15, -0.1) is 0 Å². The zero-order valence-electron chi connectivity index (χ0n) is 8.99. The average Bonchev–Trinajstić information content (AvgIpc) is 2.36. The minimum Gasteiger partial charge on any atom is -0.487 e. The first-order chi connectivity index (χ1) is 8.18. The maximum absolute atomic E-state index is 13.1. The highest BCUT2D eigenvalue weighted by Gasteiger charge is 2.11. The molecule has 4 heteroatoms. The predicted octanol–water partition coefficient (Wildman–Crippen LogP) is 3.13. The van der Waals surface area contributed by atoms with Crippen molar-refractivity contribution in [3.05, 3.63) is 59.7 Å². The largest absolute Gasteiger partial charge is 0.487 e. The van der Waals surface area contributed by atoms with Crippen LogP contribution in [0, 0.1) is 11.6 Å². The summed E-state index contributed by atoms with van der Waals surface area (Å²) < 4.78 is 31.3. The molecule has 17 heavy (non-hydrogen) atoms. The maximum Gasteiger partial charge on any atom is 0.185 e. The first-order valence-corrected chi connectivity index (χ1v) is 5.08. The lowest BCUT2D eigenvalue weighted by Crippen LogP contribution is -2.02.